The molecule has 2 amide bonds. The SMILES string of the molecule is CC(=O)NCc1ccc(-c2nc3ccnc(Cl)c3cc2-c2ccccc2)cc1.CCOC(=O)C(c1ccncc1)c1nccc2nc(-c3ccc(CNC(C)=O)cc3)c(-c3ccccc3)cc12.CCOC(=O)Cc1ccncc1. The van der Waals surface area contributed by atoms with Gasteiger partial charge in [-0.25, -0.2) is 15.0 Å². The molecule has 1 atom stereocenters. The van der Waals surface area contributed by atoms with Gasteiger partial charge in [0.2, 0.25) is 11.8 Å². The van der Waals surface area contributed by atoms with Crippen LogP contribution < -0.4 is 10.6 Å². The lowest BCUT2D eigenvalue weighted by atomic mass is 9.91. The summed E-state index contributed by atoms with van der Waals surface area (Å²) in [5.74, 6) is -1.40. The van der Waals surface area contributed by atoms with Crippen molar-refractivity contribution in [3.05, 3.63) is 228 Å². The molecule has 0 aliphatic rings. The van der Waals surface area contributed by atoms with Gasteiger partial charge in [0.15, 0.2) is 0 Å². The third kappa shape index (κ3) is 14.9. The minimum absolute atomic E-state index is 0.0443. The molecule has 0 saturated heterocycles. The van der Waals surface area contributed by atoms with Gasteiger partial charge in [-0.05, 0) is 95.8 Å². The molecule has 6 heterocycles. The first-order chi connectivity index (χ1) is 38.5. The second kappa shape index (κ2) is 27.5. The lowest BCUT2D eigenvalue weighted by Crippen LogP contribution is -2.19. The molecule has 10 rings (SSSR count). The van der Waals surface area contributed by atoms with E-state index in [1.165, 1.54) is 13.8 Å². The third-order valence-corrected chi connectivity index (χ3v) is 12.7. The topological polar surface area (TPSA) is 188 Å². The Labute approximate surface area is 463 Å². The smallest absolute Gasteiger partial charge is 0.319 e. The number of benzene rings is 4. The summed E-state index contributed by atoms with van der Waals surface area (Å²) in [5.41, 5.74) is 13.4. The van der Waals surface area contributed by atoms with Crippen molar-refractivity contribution in [1.82, 2.24) is 40.5 Å². The number of amides is 2. The highest BCUT2D eigenvalue weighted by atomic mass is 35.5. The van der Waals surface area contributed by atoms with E-state index in [1.807, 2.05) is 127 Å². The molecule has 0 aliphatic carbocycles. The van der Waals surface area contributed by atoms with Gasteiger partial charge >= 0.3 is 11.9 Å². The number of nitrogens with one attached hydrogen (secondary N) is 2. The summed E-state index contributed by atoms with van der Waals surface area (Å²) in [7, 11) is 0. The molecular formula is C64H57ClN8O6. The highest BCUT2D eigenvalue weighted by Crippen LogP contribution is 2.38. The summed E-state index contributed by atoms with van der Waals surface area (Å²) in [5, 5.41) is 7.69. The van der Waals surface area contributed by atoms with Crippen LogP contribution in [0.2, 0.25) is 5.15 Å². The number of carbonyl (C=O) groups is 4. The van der Waals surface area contributed by atoms with Crippen LogP contribution in [0.3, 0.4) is 0 Å². The van der Waals surface area contributed by atoms with Crippen molar-refractivity contribution in [2.45, 2.75) is 53.1 Å². The molecule has 1 unspecified atom stereocenters. The van der Waals surface area contributed by atoms with Gasteiger partial charge in [0.25, 0.3) is 0 Å². The molecule has 0 bridgehead atoms. The van der Waals surface area contributed by atoms with Crippen LogP contribution in [-0.4, -0.2) is 66.9 Å². The monoisotopic (exact) mass is 1070 g/mol. The molecule has 0 radical (unpaired) electrons. The van der Waals surface area contributed by atoms with E-state index in [-0.39, 0.29) is 30.4 Å². The van der Waals surface area contributed by atoms with Gasteiger partial charge in [-0.3, -0.25) is 34.1 Å². The molecule has 14 nitrogen and oxygen atoms in total. The first-order valence-corrected chi connectivity index (χ1v) is 26.0. The maximum atomic E-state index is 13.2. The average molecular weight is 1070 g/mol. The van der Waals surface area contributed by atoms with Crippen molar-refractivity contribution in [1.29, 1.82) is 0 Å². The van der Waals surface area contributed by atoms with Crippen LogP contribution in [0.15, 0.2) is 195 Å². The summed E-state index contributed by atoms with van der Waals surface area (Å²) < 4.78 is 10.3. The maximum absolute atomic E-state index is 13.2. The Morgan fingerprint density at radius 3 is 1.47 bits per heavy atom. The van der Waals surface area contributed by atoms with E-state index in [2.05, 4.69) is 48.8 Å². The normalized spacial score (nSPS) is 11.0. The fourth-order valence-corrected chi connectivity index (χ4v) is 8.81. The van der Waals surface area contributed by atoms with Crippen LogP contribution >= 0.6 is 11.6 Å². The van der Waals surface area contributed by atoms with Gasteiger partial charge in [-0.15, -0.1) is 0 Å². The van der Waals surface area contributed by atoms with Crippen molar-refractivity contribution in [3.8, 4) is 44.8 Å². The number of aromatic nitrogens is 6. The Hall–Kier alpha value is -9.53. The standard InChI is InChI=1S/C32H28N4O3.C23H18ClN3O.C9H11NO2/c1-3-39-32(38)29(24-13-16-33-17-14-24)31-27-19-26(23-7-5-4-6-8-23)30(36-28(27)15-18-34-31)25-11-9-22(10-12-25)20-35-21(2)37;1-15(28)26-14-16-7-9-18(10-8-16)22-19(17-5-3-2-4-6-17)13-20-21(27-22)11-12-25-23(20)24;1-2-12-9(11)7-8-3-5-10-6-4-8/h4-19,29H,3,20H2,1-2H3,(H,35,37);2-13H,14H2,1H3,(H,26,28);3-6H,2,7H2,1H3. The summed E-state index contributed by atoms with van der Waals surface area (Å²) >= 11 is 6.31. The minimum Gasteiger partial charge on any atom is -0.466 e. The van der Waals surface area contributed by atoms with Crippen molar-refractivity contribution in [2.24, 2.45) is 0 Å². The molecule has 0 aliphatic heterocycles. The second-order valence-electron chi connectivity index (χ2n) is 17.9. The maximum Gasteiger partial charge on any atom is 0.319 e. The van der Waals surface area contributed by atoms with Crippen LogP contribution in [0.5, 0.6) is 0 Å². The zero-order valence-corrected chi connectivity index (χ0v) is 44.9. The van der Waals surface area contributed by atoms with E-state index in [4.69, 9.17) is 31.0 Å². The number of carbonyl (C=O) groups excluding carboxylic acids is 4. The van der Waals surface area contributed by atoms with E-state index in [0.29, 0.717) is 37.0 Å². The van der Waals surface area contributed by atoms with Crippen LogP contribution in [0.25, 0.3) is 66.6 Å². The summed E-state index contributed by atoms with van der Waals surface area (Å²) in [6, 6.07) is 51.3. The van der Waals surface area contributed by atoms with E-state index < -0.39 is 5.92 Å². The van der Waals surface area contributed by atoms with Gasteiger partial charge in [0.1, 0.15) is 11.1 Å². The van der Waals surface area contributed by atoms with Crippen LogP contribution in [0, 0.1) is 0 Å². The molecular weight excluding hydrogens is 1010 g/mol. The van der Waals surface area contributed by atoms with Crippen LogP contribution in [-0.2, 0) is 48.2 Å². The van der Waals surface area contributed by atoms with Gasteiger partial charge in [0.05, 0.1) is 47.7 Å². The Morgan fingerprint density at radius 2 is 0.975 bits per heavy atom. The number of halogens is 1. The highest BCUT2D eigenvalue weighted by Gasteiger charge is 2.28. The fourth-order valence-electron chi connectivity index (χ4n) is 8.61. The number of hydrogen-bond acceptors (Lipinski definition) is 12. The summed E-state index contributed by atoms with van der Waals surface area (Å²) in [6.07, 6.45) is 10.3. The first-order valence-electron chi connectivity index (χ1n) is 25.6. The van der Waals surface area contributed by atoms with Gasteiger partial charge < -0.3 is 20.1 Å². The van der Waals surface area contributed by atoms with Crippen LogP contribution in [0.4, 0.5) is 0 Å². The predicted molar refractivity (Wildman–Crippen MR) is 308 cm³/mol. The molecule has 0 saturated carbocycles. The van der Waals surface area contributed by atoms with Crippen molar-refractivity contribution in [2.75, 3.05) is 13.2 Å². The lowest BCUT2D eigenvalue weighted by molar-refractivity contribution is -0.144. The molecule has 396 valence electrons. The summed E-state index contributed by atoms with van der Waals surface area (Å²) in [6.45, 7) is 8.28. The van der Waals surface area contributed by atoms with E-state index in [9.17, 15) is 19.2 Å². The first kappa shape index (κ1) is 55.7. The van der Waals surface area contributed by atoms with Crippen molar-refractivity contribution < 1.29 is 28.7 Å². The molecule has 2 N–H and O–H groups in total. The third-order valence-electron chi connectivity index (χ3n) is 12.4. The zero-order chi connectivity index (χ0) is 55.5. The number of fused-ring (bicyclic) bond motifs is 2. The molecule has 0 fully saturated rings. The number of nitrogens with zero attached hydrogens (tertiary/aromatic N) is 6. The molecule has 15 heteroatoms. The fraction of sp³-hybridized carbons (Fsp3) is 0.156. The van der Waals surface area contributed by atoms with Gasteiger partial charge in [0, 0.05) is 97.1 Å². The van der Waals surface area contributed by atoms with Crippen molar-refractivity contribution in [3.63, 3.8) is 0 Å². The molecule has 79 heavy (non-hydrogen) atoms. The number of hydrogen-bond donors (Lipinski definition) is 2. The number of pyridine rings is 6. The number of ether oxygens (including phenoxy) is 2. The van der Waals surface area contributed by atoms with E-state index >= 15 is 0 Å². The Morgan fingerprint density at radius 1 is 0.506 bits per heavy atom. The lowest BCUT2D eigenvalue weighted by Gasteiger charge is -2.19. The average Bonchev–Trinajstić information content (AvgIpc) is 3.55. The van der Waals surface area contributed by atoms with Crippen LogP contribution in [0.1, 0.15) is 61.6 Å². The molecule has 4 aromatic carbocycles. The quantitative estimate of drug-likeness (QED) is 0.0731. The number of rotatable bonds is 15. The Bertz CT molecular complexity index is 3670. The Kier molecular flexibility index (Phi) is 19.4. The van der Waals surface area contributed by atoms with E-state index in [0.717, 1.165) is 88.8 Å². The molecule has 6 aromatic heterocycles. The molecule has 10 aromatic rings. The highest BCUT2D eigenvalue weighted by molar-refractivity contribution is 6.34. The largest absolute Gasteiger partial charge is 0.466 e. The van der Waals surface area contributed by atoms with Gasteiger partial charge in [-0.1, -0.05) is 121 Å². The summed E-state index contributed by atoms with van der Waals surface area (Å²) in [4.78, 5) is 73.4. The minimum atomic E-state index is -0.721. The number of esters is 2. The van der Waals surface area contributed by atoms with Gasteiger partial charge in [-0.2, -0.15) is 0 Å². The second-order valence-corrected chi connectivity index (χ2v) is 18.3. The zero-order valence-electron chi connectivity index (χ0n) is 44.1. The Balaban J connectivity index is 0.000000178. The predicted octanol–water partition coefficient (Wildman–Crippen LogP) is 12.1. The van der Waals surface area contributed by atoms with E-state index in [1.54, 1.807) is 63.2 Å². The van der Waals surface area contributed by atoms with Crippen molar-refractivity contribution >= 4 is 57.2 Å². The molecule has 0 spiro atoms.